The Bertz CT molecular complexity index is 720. The first-order valence-corrected chi connectivity index (χ1v) is 8.16. The van der Waals surface area contributed by atoms with Crippen molar-refractivity contribution in [3.63, 3.8) is 0 Å². The predicted octanol–water partition coefficient (Wildman–Crippen LogP) is 4.39. The van der Waals surface area contributed by atoms with Crippen molar-refractivity contribution < 1.29 is 9.63 Å². The third-order valence-corrected chi connectivity index (χ3v) is 4.21. The molecule has 2 aromatic rings. The maximum Gasteiger partial charge on any atom is 0.266 e. The zero-order chi connectivity index (χ0) is 17.5. The number of hydrogen-bond acceptors (Lipinski definition) is 3. The fraction of sp³-hybridized carbons (Fsp3) is 0.222. The van der Waals surface area contributed by atoms with Gasteiger partial charge in [-0.1, -0.05) is 70.8 Å². The maximum absolute atomic E-state index is 12.3. The van der Waals surface area contributed by atoms with E-state index in [4.69, 9.17) is 28.0 Å². The predicted molar refractivity (Wildman–Crippen MR) is 97.5 cm³/mol. The van der Waals surface area contributed by atoms with Gasteiger partial charge >= 0.3 is 0 Å². The number of rotatable bonds is 6. The molecule has 0 radical (unpaired) electrons. The van der Waals surface area contributed by atoms with Crippen molar-refractivity contribution in [1.29, 1.82) is 0 Å². The van der Waals surface area contributed by atoms with Crippen LogP contribution in [0.15, 0.2) is 53.7 Å². The van der Waals surface area contributed by atoms with Crippen LogP contribution in [0.1, 0.15) is 18.1 Å². The number of nitrogens with zero attached hydrogens (tertiary/aromatic N) is 2. The van der Waals surface area contributed by atoms with Crippen molar-refractivity contribution in [2.45, 2.75) is 19.6 Å². The van der Waals surface area contributed by atoms with E-state index in [2.05, 4.69) is 5.16 Å². The molecule has 24 heavy (non-hydrogen) atoms. The molecule has 1 amide bonds. The van der Waals surface area contributed by atoms with Crippen LogP contribution < -0.4 is 0 Å². The molecule has 0 aliphatic heterocycles. The fourth-order valence-corrected chi connectivity index (χ4v) is 2.45. The highest BCUT2D eigenvalue weighted by molar-refractivity contribution is 6.43. The molecular weight excluding hydrogens is 347 g/mol. The second-order valence-corrected chi connectivity index (χ2v) is 6.09. The standard InChI is InChI=1S/C18H18Cl2N2O2/c1-13(18(23)22(2)12-14-7-4-3-5-8-14)24-21-11-15-9-6-10-16(19)17(15)20/h3-11,13H,12H2,1-2H3/b21-11-/t13-/m0/s1. The molecule has 0 saturated carbocycles. The summed E-state index contributed by atoms with van der Waals surface area (Å²) in [5.41, 5.74) is 1.68. The van der Waals surface area contributed by atoms with E-state index in [1.165, 1.54) is 6.21 Å². The van der Waals surface area contributed by atoms with E-state index in [-0.39, 0.29) is 5.91 Å². The van der Waals surface area contributed by atoms with Crippen LogP contribution in [0.3, 0.4) is 0 Å². The topological polar surface area (TPSA) is 41.9 Å². The van der Waals surface area contributed by atoms with Gasteiger partial charge in [0.2, 0.25) is 6.10 Å². The van der Waals surface area contributed by atoms with Gasteiger partial charge in [0.25, 0.3) is 5.91 Å². The lowest BCUT2D eigenvalue weighted by molar-refractivity contribution is -0.141. The first kappa shape index (κ1) is 18.3. The van der Waals surface area contributed by atoms with Crippen LogP contribution >= 0.6 is 23.2 Å². The highest BCUT2D eigenvalue weighted by atomic mass is 35.5. The SMILES string of the molecule is C[C@H](O/N=C\c1cccc(Cl)c1Cl)C(=O)N(C)Cc1ccccc1. The molecule has 0 unspecified atom stereocenters. The maximum atomic E-state index is 12.3. The smallest absolute Gasteiger partial charge is 0.266 e. The van der Waals surface area contributed by atoms with Gasteiger partial charge in [0.05, 0.1) is 16.3 Å². The molecular formula is C18H18Cl2N2O2. The minimum absolute atomic E-state index is 0.159. The molecule has 126 valence electrons. The Balaban J connectivity index is 1.91. The largest absolute Gasteiger partial charge is 0.383 e. The van der Waals surface area contributed by atoms with E-state index in [0.29, 0.717) is 22.2 Å². The number of likely N-dealkylation sites (N-methyl/N-ethyl adjacent to an activating group) is 1. The van der Waals surface area contributed by atoms with Crippen molar-refractivity contribution in [3.8, 4) is 0 Å². The summed E-state index contributed by atoms with van der Waals surface area (Å²) < 4.78 is 0. The van der Waals surface area contributed by atoms with Crippen LogP contribution in [0.4, 0.5) is 0 Å². The summed E-state index contributed by atoms with van der Waals surface area (Å²) in [6.45, 7) is 2.16. The van der Waals surface area contributed by atoms with Crippen molar-refractivity contribution >= 4 is 35.3 Å². The van der Waals surface area contributed by atoms with Crippen LogP contribution in [0, 0.1) is 0 Å². The Morgan fingerprint density at radius 3 is 2.62 bits per heavy atom. The van der Waals surface area contributed by atoms with E-state index in [1.54, 1.807) is 37.1 Å². The third kappa shape index (κ3) is 4.98. The van der Waals surface area contributed by atoms with Gasteiger partial charge in [-0.3, -0.25) is 4.79 Å². The van der Waals surface area contributed by atoms with Crippen LogP contribution in [0.25, 0.3) is 0 Å². The average molecular weight is 365 g/mol. The van der Waals surface area contributed by atoms with E-state index in [9.17, 15) is 4.79 Å². The highest BCUT2D eigenvalue weighted by Gasteiger charge is 2.19. The molecule has 0 bridgehead atoms. The lowest BCUT2D eigenvalue weighted by Gasteiger charge is -2.20. The normalized spacial score (nSPS) is 12.2. The van der Waals surface area contributed by atoms with Gasteiger partial charge in [-0.15, -0.1) is 0 Å². The number of carbonyl (C=O) groups is 1. The monoisotopic (exact) mass is 364 g/mol. The van der Waals surface area contributed by atoms with E-state index >= 15 is 0 Å². The fourth-order valence-electron chi connectivity index (χ4n) is 2.09. The number of oxime groups is 1. The van der Waals surface area contributed by atoms with Crippen molar-refractivity contribution in [2.75, 3.05) is 7.05 Å². The van der Waals surface area contributed by atoms with Gasteiger partial charge in [-0.25, -0.2) is 0 Å². The summed E-state index contributed by atoms with van der Waals surface area (Å²) in [7, 11) is 1.73. The summed E-state index contributed by atoms with van der Waals surface area (Å²) in [5, 5.41) is 4.67. The molecule has 0 aromatic heterocycles. The number of carbonyl (C=O) groups excluding carboxylic acids is 1. The van der Waals surface area contributed by atoms with E-state index in [0.717, 1.165) is 5.56 Å². The quantitative estimate of drug-likeness (QED) is 0.563. The molecule has 0 spiro atoms. The molecule has 0 aliphatic carbocycles. The molecule has 2 rings (SSSR count). The molecule has 1 atom stereocenters. The molecule has 6 heteroatoms. The number of benzene rings is 2. The summed E-state index contributed by atoms with van der Waals surface area (Å²) in [6, 6.07) is 15.0. The van der Waals surface area contributed by atoms with Crippen molar-refractivity contribution in [2.24, 2.45) is 5.16 Å². The first-order valence-electron chi connectivity index (χ1n) is 7.41. The van der Waals surface area contributed by atoms with Crippen LogP contribution in [0.5, 0.6) is 0 Å². The van der Waals surface area contributed by atoms with Crippen LogP contribution in [-0.4, -0.2) is 30.2 Å². The summed E-state index contributed by atoms with van der Waals surface area (Å²) >= 11 is 12.0. The molecule has 0 saturated heterocycles. The Morgan fingerprint density at radius 1 is 1.21 bits per heavy atom. The Labute approximate surface area is 151 Å². The van der Waals surface area contributed by atoms with Crippen LogP contribution in [-0.2, 0) is 16.2 Å². The summed E-state index contributed by atoms with van der Waals surface area (Å²) in [4.78, 5) is 19.1. The molecule has 0 fully saturated rings. The highest BCUT2D eigenvalue weighted by Crippen LogP contribution is 2.24. The van der Waals surface area contributed by atoms with Gasteiger partial charge in [-0.05, 0) is 18.6 Å². The second-order valence-electron chi connectivity index (χ2n) is 5.31. The van der Waals surface area contributed by atoms with Gasteiger partial charge in [0.15, 0.2) is 0 Å². The lowest BCUT2D eigenvalue weighted by Crippen LogP contribution is -2.35. The van der Waals surface area contributed by atoms with Gasteiger partial charge in [0, 0.05) is 19.2 Å². The number of amides is 1. The first-order chi connectivity index (χ1) is 11.5. The minimum Gasteiger partial charge on any atom is -0.383 e. The van der Waals surface area contributed by atoms with Crippen LogP contribution in [0.2, 0.25) is 10.0 Å². The molecule has 0 N–H and O–H groups in total. The van der Waals surface area contributed by atoms with Gasteiger partial charge < -0.3 is 9.74 Å². The Kier molecular flexibility index (Phi) is 6.64. The van der Waals surface area contributed by atoms with Gasteiger partial charge in [-0.2, -0.15) is 0 Å². The third-order valence-electron chi connectivity index (χ3n) is 3.38. The number of hydrogen-bond donors (Lipinski definition) is 0. The molecule has 0 aliphatic rings. The van der Waals surface area contributed by atoms with Crippen molar-refractivity contribution in [1.82, 2.24) is 4.90 Å². The zero-order valence-corrected chi connectivity index (χ0v) is 15.0. The molecule has 2 aromatic carbocycles. The van der Waals surface area contributed by atoms with Gasteiger partial charge in [0.1, 0.15) is 0 Å². The van der Waals surface area contributed by atoms with Crippen molar-refractivity contribution in [3.05, 3.63) is 69.7 Å². The molecule has 0 heterocycles. The number of halogens is 2. The zero-order valence-electron chi connectivity index (χ0n) is 13.4. The van der Waals surface area contributed by atoms with E-state index < -0.39 is 6.10 Å². The lowest BCUT2D eigenvalue weighted by atomic mass is 10.2. The second kappa shape index (κ2) is 8.71. The Hall–Kier alpha value is -2.04. The average Bonchev–Trinajstić information content (AvgIpc) is 2.58. The summed E-state index contributed by atoms with van der Waals surface area (Å²) in [6.07, 6.45) is 0.739. The van der Waals surface area contributed by atoms with E-state index in [1.807, 2.05) is 30.3 Å². The molecule has 4 nitrogen and oxygen atoms in total. The summed E-state index contributed by atoms with van der Waals surface area (Å²) in [5.74, 6) is -0.159. The minimum atomic E-state index is -0.701. The Morgan fingerprint density at radius 2 is 1.92 bits per heavy atom.